The summed E-state index contributed by atoms with van der Waals surface area (Å²) in [5.74, 6) is -2.19. The van der Waals surface area contributed by atoms with Crippen LogP contribution in [0.3, 0.4) is 0 Å². The molecule has 0 bridgehead atoms. The molecule has 11 nitrogen and oxygen atoms in total. The highest BCUT2D eigenvalue weighted by molar-refractivity contribution is 7.89. The van der Waals surface area contributed by atoms with Gasteiger partial charge in [0.1, 0.15) is 27.6 Å². The monoisotopic (exact) mass is 623 g/mol. The lowest BCUT2D eigenvalue weighted by Gasteiger charge is -2.38. The summed E-state index contributed by atoms with van der Waals surface area (Å²) in [6.07, 6.45) is 0.704. The number of hydrogen-bond donors (Lipinski definition) is 1. The lowest BCUT2D eigenvalue weighted by Crippen LogP contribution is -2.50. The molecule has 2 aromatic heterocycles. The van der Waals surface area contributed by atoms with Crippen LogP contribution in [-0.4, -0.2) is 69.1 Å². The minimum Gasteiger partial charge on any atom is -0.484 e. The molecule has 1 saturated heterocycles. The summed E-state index contributed by atoms with van der Waals surface area (Å²) in [7, 11) is -4.19. The van der Waals surface area contributed by atoms with Crippen molar-refractivity contribution in [3.8, 4) is 5.75 Å². The summed E-state index contributed by atoms with van der Waals surface area (Å²) in [5, 5.41) is 18.4. The van der Waals surface area contributed by atoms with Gasteiger partial charge in [-0.3, -0.25) is 9.78 Å². The van der Waals surface area contributed by atoms with E-state index in [4.69, 9.17) is 14.5 Å². The topological polar surface area (TPSA) is 137 Å². The molecule has 0 aliphatic carbocycles. The Labute approximate surface area is 254 Å². The third-order valence-electron chi connectivity index (χ3n) is 8.66. The Morgan fingerprint density at radius 1 is 1.14 bits per heavy atom. The van der Waals surface area contributed by atoms with Crippen molar-refractivity contribution in [1.82, 2.24) is 24.3 Å². The van der Waals surface area contributed by atoms with Gasteiger partial charge in [-0.05, 0) is 67.8 Å². The molecule has 4 heterocycles. The molecule has 4 aromatic rings. The Morgan fingerprint density at radius 3 is 2.64 bits per heavy atom. The predicted octanol–water partition coefficient (Wildman–Crippen LogP) is 4.34. The second kappa shape index (κ2) is 11.5. The number of aromatic nitrogens is 4. The first kappa shape index (κ1) is 30.1. The maximum Gasteiger partial charge on any atom is 0.304 e. The number of carboxylic acid groups (broad SMARTS) is 1. The fourth-order valence-corrected chi connectivity index (χ4v) is 7.78. The van der Waals surface area contributed by atoms with Crippen LogP contribution in [0.5, 0.6) is 5.75 Å². The van der Waals surface area contributed by atoms with E-state index in [-0.39, 0.29) is 30.2 Å². The zero-order valence-electron chi connectivity index (χ0n) is 24.8. The van der Waals surface area contributed by atoms with E-state index in [1.807, 2.05) is 39.0 Å². The molecule has 6 rings (SSSR count). The number of carbonyl (C=O) groups is 1. The molecule has 0 amide bonds. The molecule has 232 valence electrons. The minimum atomic E-state index is -4.19. The zero-order chi connectivity index (χ0) is 31.2. The van der Waals surface area contributed by atoms with E-state index in [2.05, 4.69) is 10.3 Å². The molecule has 2 aromatic carbocycles. The van der Waals surface area contributed by atoms with Crippen molar-refractivity contribution in [1.29, 1.82) is 0 Å². The van der Waals surface area contributed by atoms with Gasteiger partial charge in [-0.2, -0.15) is 4.31 Å². The van der Waals surface area contributed by atoms with Gasteiger partial charge in [0.05, 0.1) is 43.9 Å². The lowest BCUT2D eigenvalue weighted by molar-refractivity contribution is -0.137. The van der Waals surface area contributed by atoms with Gasteiger partial charge < -0.3 is 14.6 Å². The Kier molecular flexibility index (Phi) is 7.89. The van der Waals surface area contributed by atoms with Crippen molar-refractivity contribution in [2.75, 3.05) is 19.8 Å². The molecule has 2 aliphatic rings. The number of benzene rings is 2. The number of rotatable bonds is 7. The number of fused-ring (bicyclic) bond motifs is 2. The van der Waals surface area contributed by atoms with Crippen LogP contribution < -0.4 is 4.74 Å². The predicted molar refractivity (Wildman–Crippen MR) is 158 cm³/mol. The first-order chi connectivity index (χ1) is 21.0. The molecule has 1 spiro atoms. The molecule has 44 heavy (non-hydrogen) atoms. The molecular formula is C31H34FN5O6S. The van der Waals surface area contributed by atoms with E-state index >= 15 is 0 Å². The van der Waals surface area contributed by atoms with E-state index in [1.54, 1.807) is 10.7 Å². The molecule has 1 unspecified atom stereocenters. The summed E-state index contributed by atoms with van der Waals surface area (Å²) < 4.78 is 57.4. The Bertz CT molecular complexity index is 1850. The van der Waals surface area contributed by atoms with Gasteiger partial charge in [-0.1, -0.05) is 17.3 Å². The molecule has 1 N–H and O–H groups in total. The molecule has 2 aliphatic heterocycles. The Balaban J connectivity index is 1.42. The van der Waals surface area contributed by atoms with Gasteiger partial charge in [0.2, 0.25) is 10.0 Å². The van der Waals surface area contributed by atoms with Crippen LogP contribution in [0.2, 0.25) is 0 Å². The minimum absolute atomic E-state index is 0.0295. The van der Waals surface area contributed by atoms with E-state index < -0.39 is 33.3 Å². The molecule has 13 heteroatoms. The van der Waals surface area contributed by atoms with Gasteiger partial charge in [0.25, 0.3) is 0 Å². The first-order valence-corrected chi connectivity index (χ1v) is 16.0. The summed E-state index contributed by atoms with van der Waals surface area (Å²) in [6.45, 7) is 7.08. The second-order valence-corrected chi connectivity index (χ2v) is 13.4. The van der Waals surface area contributed by atoms with Crippen molar-refractivity contribution in [3.63, 3.8) is 0 Å². The fraction of sp³-hybridized carbons (Fsp3) is 0.419. The number of ether oxygens (including phenoxy) is 2. The maximum atomic E-state index is 14.4. The number of pyridine rings is 1. The van der Waals surface area contributed by atoms with E-state index in [1.165, 1.54) is 16.4 Å². The number of aryl methyl sites for hydroxylation is 3. The van der Waals surface area contributed by atoms with Crippen molar-refractivity contribution in [2.45, 2.75) is 69.5 Å². The van der Waals surface area contributed by atoms with Crippen LogP contribution in [0.25, 0.3) is 11.0 Å². The van der Waals surface area contributed by atoms with Gasteiger partial charge >= 0.3 is 5.97 Å². The Morgan fingerprint density at radius 2 is 1.91 bits per heavy atom. The van der Waals surface area contributed by atoms with Gasteiger partial charge in [0, 0.05) is 31.0 Å². The van der Waals surface area contributed by atoms with Crippen LogP contribution in [0.15, 0.2) is 47.4 Å². The summed E-state index contributed by atoms with van der Waals surface area (Å²) in [4.78, 5) is 16.7. The summed E-state index contributed by atoms with van der Waals surface area (Å²) >= 11 is 0. The lowest BCUT2D eigenvalue weighted by atomic mass is 9.88. The number of nitrogens with zero attached hydrogens (tertiary/aromatic N) is 5. The highest BCUT2D eigenvalue weighted by atomic mass is 32.2. The maximum absolute atomic E-state index is 14.4. The van der Waals surface area contributed by atoms with Crippen molar-refractivity contribution in [2.24, 2.45) is 0 Å². The molecule has 0 radical (unpaired) electrons. The van der Waals surface area contributed by atoms with Crippen molar-refractivity contribution >= 4 is 27.0 Å². The number of aliphatic carboxylic acids is 1. The fourth-order valence-electron chi connectivity index (χ4n) is 6.17. The largest absolute Gasteiger partial charge is 0.484 e. The highest BCUT2D eigenvalue weighted by Gasteiger charge is 2.45. The van der Waals surface area contributed by atoms with Crippen LogP contribution in [-0.2, 0) is 32.6 Å². The van der Waals surface area contributed by atoms with Gasteiger partial charge in [-0.25, -0.2) is 17.5 Å². The average molecular weight is 624 g/mol. The second-order valence-electron chi connectivity index (χ2n) is 11.5. The first-order valence-electron chi connectivity index (χ1n) is 14.6. The highest BCUT2D eigenvalue weighted by Crippen LogP contribution is 2.40. The molecular weight excluding hydrogens is 589 g/mol. The Hall–Kier alpha value is -3.94. The van der Waals surface area contributed by atoms with Crippen LogP contribution in [0.4, 0.5) is 4.39 Å². The average Bonchev–Trinajstić information content (AvgIpc) is 3.39. The molecule has 1 fully saturated rings. The van der Waals surface area contributed by atoms with Crippen molar-refractivity contribution in [3.05, 3.63) is 76.4 Å². The molecule has 1 atom stereocenters. The normalized spacial score (nSPS) is 18.5. The van der Waals surface area contributed by atoms with E-state index in [0.29, 0.717) is 49.5 Å². The summed E-state index contributed by atoms with van der Waals surface area (Å²) in [5.41, 5.74) is 3.96. The van der Waals surface area contributed by atoms with Crippen LogP contribution in [0.1, 0.15) is 60.2 Å². The standard InChI is InChI=1S/C31H34FN5O6S/c1-4-37-26-9-7-22(20(3)30(26)34-35-37)23(16-29(38)39)24-8-5-19(2)25(33-24)17-36-18-31(11-13-42-14-12-31)43-27-10-6-21(32)15-28(27)44(36,40)41/h5-10,15,23H,4,11-14,16-18H2,1-3H3,(H,38,39). The zero-order valence-corrected chi connectivity index (χ0v) is 25.6. The number of sulfonamides is 1. The summed E-state index contributed by atoms with van der Waals surface area (Å²) in [6, 6.07) is 10.9. The quantitative estimate of drug-likeness (QED) is 0.319. The number of halogens is 1. The van der Waals surface area contributed by atoms with Gasteiger partial charge in [-0.15, -0.1) is 5.10 Å². The number of hydrogen-bond acceptors (Lipinski definition) is 8. The third kappa shape index (κ3) is 5.44. The van der Waals surface area contributed by atoms with Gasteiger partial charge in [0.15, 0.2) is 0 Å². The third-order valence-corrected chi connectivity index (χ3v) is 10.5. The smallest absolute Gasteiger partial charge is 0.304 e. The van der Waals surface area contributed by atoms with E-state index in [9.17, 15) is 22.7 Å². The van der Waals surface area contributed by atoms with Crippen molar-refractivity contribution < 1.29 is 32.2 Å². The van der Waals surface area contributed by atoms with Crippen LogP contribution in [0, 0.1) is 19.7 Å². The SMILES string of the molecule is CCn1nnc2c(C)c(C(CC(=O)O)c3ccc(C)c(CN4CC5(CCOCC5)Oc5ccc(F)cc5S4(=O)=O)n3)ccc21. The number of carboxylic acids is 1. The van der Waals surface area contributed by atoms with E-state index in [0.717, 1.165) is 28.3 Å². The molecule has 0 saturated carbocycles. The van der Waals surface area contributed by atoms with Crippen LogP contribution >= 0.6 is 0 Å².